The van der Waals surface area contributed by atoms with Crippen LogP contribution in [0, 0.1) is 6.92 Å². The van der Waals surface area contributed by atoms with E-state index in [2.05, 4.69) is 36.8 Å². The Morgan fingerprint density at radius 2 is 1.93 bits per heavy atom. The number of hydrogen-bond acceptors (Lipinski definition) is 3. The van der Waals surface area contributed by atoms with Crippen LogP contribution < -0.4 is 0 Å². The zero-order valence-electron chi connectivity index (χ0n) is 9.19. The molecule has 0 saturated heterocycles. The van der Waals surface area contributed by atoms with Crippen LogP contribution >= 0.6 is 11.3 Å². The molecule has 0 aliphatic rings. The summed E-state index contributed by atoms with van der Waals surface area (Å²) in [5.41, 5.74) is 2.24. The van der Waals surface area contributed by atoms with Crippen molar-refractivity contribution in [1.29, 1.82) is 0 Å². The van der Waals surface area contributed by atoms with E-state index >= 15 is 0 Å². The van der Waals surface area contributed by atoms with Gasteiger partial charge in [-0.15, -0.1) is 11.3 Å². The van der Waals surface area contributed by atoms with E-state index in [-0.39, 0.29) is 0 Å². The zero-order valence-corrected chi connectivity index (χ0v) is 10.0. The fraction of sp³-hybridized carbons (Fsp3) is 0.333. The lowest BCUT2D eigenvalue weighted by molar-refractivity contribution is 0.859. The Balaban J connectivity index is 2.31. The number of nitrogens with zero attached hydrogens (tertiary/aromatic N) is 2. The monoisotopic (exact) mass is 218 g/mol. The largest absolute Gasteiger partial charge is 0.253 e. The van der Waals surface area contributed by atoms with Gasteiger partial charge in [-0.2, -0.15) is 0 Å². The first-order valence-corrected chi connectivity index (χ1v) is 5.87. The van der Waals surface area contributed by atoms with Gasteiger partial charge in [0.2, 0.25) is 0 Å². The Bertz CT molecular complexity index is 443. The molecule has 0 N–H and O–H groups in total. The standard InChI is InChI=1S/C12H14N2S/c1-8(2)10-4-5-11(13-7-10)12-14-6-9(3)15-12/h4-8H,1-3H3. The van der Waals surface area contributed by atoms with Crippen molar-refractivity contribution in [3.8, 4) is 10.7 Å². The molecule has 0 radical (unpaired) electrons. The van der Waals surface area contributed by atoms with Crippen LogP contribution in [0.2, 0.25) is 0 Å². The third kappa shape index (κ3) is 2.23. The highest BCUT2D eigenvalue weighted by atomic mass is 32.1. The molecule has 0 bridgehead atoms. The molecule has 2 aromatic heterocycles. The summed E-state index contributed by atoms with van der Waals surface area (Å²) in [5, 5.41) is 1.00. The molecule has 15 heavy (non-hydrogen) atoms. The Kier molecular flexibility index (Phi) is 2.82. The van der Waals surface area contributed by atoms with Gasteiger partial charge in [-0.1, -0.05) is 19.9 Å². The Morgan fingerprint density at radius 3 is 2.40 bits per heavy atom. The van der Waals surface area contributed by atoms with Gasteiger partial charge >= 0.3 is 0 Å². The fourth-order valence-corrected chi connectivity index (χ4v) is 2.09. The van der Waals surface area contributed by atoms with Crippen molar-refractivity contribution in [3.05, 3.63) is 35.0 Å². The summed E-state index contributed by atoms with van der Waals surface area (Å²) in [4.78, 5) is 9.97. The molecule has 0 spiro atoms. The Morgan fingerprint density at radius 1 is 1.13 bits per heavy atom. The van der Waals surface area contributed by atoms with Gasteiger partial charge in [0.25, 0.3) is 0 Å². The van der Waals surface area contributed by atoms with Crippen molar-refractivity contribution in [2.45, 2.75) is 26.7 Å². The molecule has 0 atom stereocenters. The average Bonchev–Trinajstić information content (AvgIpc) is 2.65. The fourth-order valence-electron chi connectivity index (χ4n) is 1.35. The number of rotatable bonds is 2. The van der Waals surface area contributed by atoms with Crippen LogP contribution in [0.3, 0.4) is 0 Å². The predicted octanol–water partition coefficient (Wildman–Crippen LogP) is 3.64. The summed E-state index contributed by atoms with van der Waals surface area (Å²) in [6.07, 6.45) is 3.83. The molecule has 0 aromatic carbocycles. The summed E-state index contributed by atoms with van der Waals surface area (Å²) in [6.45, 7) is 6.40. The van der Waals surface area contributed by atoms with Gasteiger partial charge in [0.15, 0.2) is 0 Å². The zero-order chi connectivity index (χ0) is 10.8. The van der Waals surface area contributed by atoms with Gasteiger partial charge in [0.1, 0.15) is 5.01 Å². The van der Waals surface area contributed by atoms with Crippen LogP contribution in [0.15, 0.2) is 24.5 Å². The van der Waals surface area contributed by atoms with Crippen LogP contribution in [0.25, 0.3) is 10.7 Å². The maximum Gasteiger partial charge on any atom is 0.142 e. The summed E-state index contributed by atoms with van der Waals surface area (Å²) < 4.78 is 0. The SMILES string of the molecule is Cc1cnc(-c2ccc(C(C)C)cn2)s1. The summed E-state index contributed by atoms with van der Waals surface area (Å²) >= 11 is 1.68. The Hall–Kier alpha value is -1.22. The van der Waals surface area contributed by atoms with Gasteiger partial charge in [-0.05, 0) is 24.5 Å². The maximum absolute atomic E-state index is 4.43. The minimum atomic E-state index is 0.532. The van der Waals surface area contributed by atoms with E-state index in [1.807, 2.05) is 18.5 Å². The first-order chi connectivity index (χ1) is 7.16. The second-order valence-corrected chi connectivity index (χ2v) is 5.14. The summed E-state index contributed by atoms with van der Waals surface area (Å²) in [6, 6.07) is 4.18. The number of thiazole rings is 1. The summed E-state index contributed by atoms with van der Waals surface area (Å²) in [5.74, 6) is 0.532. The van der Waals surface area contributed by atoms with Gasteiger partial charge in [0.05, 0.1) is 5.69 Å². The second-order valence-electron chi connectivity index (χ2n) is 3.91. The third-order valence-electron chi connectivity index (χ3n) is 2.29. The molecular formula is C12H14N2S. The van der Waals surface area contributed by atoms with E-state index in [0.29, 0.717) is 5.92 Å². The van der Waals surface area contributed by atoms with Gasteiger partial charge in [-0.3, -0.25) is 4.98 Å². The van der Waals surface area contributed by atoms with E-state index in [1.54, 1.807) is 11.3 Å². The molecule has 3 heteroatoms. The van der Waals surface area contributed by atoms with E-state index in [0.717, 1.165) is 10.7 Å². The first kappa shape index (κ1) is 10.3. The number of aromatic nitrogens is 2. The number of aryl methyl sites for hydroxylation is 1. The number of pyridine rings is 1. The molecular weight excluding hydrogens is 204 g/mol. The van der Waals surface area contributed by atoms with Crippen molar-refractivity contribution in [3.63, 3.8) is 0 Å². The third-order valence-corrected chi connectivity index (χ3v) is 3.23. The van der Waals surface area contributed by atoms with Crippen LogP contribution in [-0.2, 0) is 0 Å². The van der Waals surface area contributed by atoms with Crippen LogP contribution in [0.1, 0.15) is 30.2 Å². The van der Waals surface area contributed by atoms with Crippen molar-refractivity contribution in [2.24, 2.45) is 0 Å². The molecule has 78 valence electrons. The molecule has 0 unspecified atom stereocenters. The normalized spacial score (nSPS) is 10.9. The van der Waals surface area contributed by atoms with Crippen LogP contribution in [0.4, 0.5) is 0 Å². The van der Waals surface area contributed by atoms with E-state index in [1.165, 1.54) is 10.4 Å². The molecule has 0 aliphatic carbocycles. The topological polar surface area (TPSA) is 25.8 Å². The molecule has 2 rings (SSSR count). The minimum Gasteiger partial charge on any atom is -0.253 e. The highest BCUT2D eigenvalue weighted by Gasteiger charge is 2.05. The molecule has 0 amide bonds. The molecule has 0 fully saturated rings. The van der Waals surface area contributed by atoms with Gasteiger partial charge in [-0.25, -0.2) is 4.98 Å². The lowest BCUT2D eigenvalue weighted by Crippen LogP contribution is -1.89. The van der Waals surface area contributed by atoms with Crippen molar-refractivity contribution in [2.75, 3.05) is 0 Å². The molecule has 2 aromatic rings. The highest BCUT2D eigenvalue weighted by Crippen LogP contribution is 2.23. The first-order valence-electron chi connectivity index (χ1n) is 5.05. The molecule has 2 heterocycles. The van der Waals surface area contributed by atoms with Crippen molar-refractivity contribution >= 4 is 11.3 Å². The Labute approximate surface area is 94.0 Å². The van der Waals surface area contributed by atoms with Gasteiger partial charge in [0, 0.05) is 17.3 Å². The molecule has 2 nitrogen and oxygen atoms in total. The lowest BCUT2D eigenvalue weighted by atomic mass is 10.1. The van der Waals surface area contributed by atoms with Crippen LogP contribution in [0.5, 0.6) is 0 Å². The van der Waals surface area contributed by atoms with Gasteiger partial charge < -0.3 is 0 Å². The molecule has 0 aliphatic heterocycles. The highest BCUT2D eigenvalue weighted by molar-refractivity contribution is 7.14. The average molecular weight is 218 g/mol. The lowest BCUT2D eigenvalue weighted by Gasteiger charge is -2.04. The molecule has 0 saturated carbocycles. The second kappa shape index (κ2) is 4.11. The predicted molar refractivity (Wildman–Crippen MR) is 64.2 cm³/mol. The van der Waals surface area contributed by atoms with E-state index in [9.17, 15) is 0 Å². The van der Waals surface area contributed by atoms with E-state index < -0.39 is 0 Å². The van der Waals surface area contributed by atoms with Crippen LogP contribution in [-0.4, -0.2) is 9.97 Å². The minimum absolute atomic E-state index is 0.532. The summed E-state index contributed by atoms with van der Waals surface area (Å²) in [7, 11) is 0. The quantitative estimate of drug-likeness (QED) is 0.769. The number of hydrogen-bond donors (Lipinski definition) is 0. The smallest absolute Gasteiger partial charge is 0.142 e. The van der Waals surface area contributed by atoms with E-state index in [4.69, 9.17) is 0 Å². The maximum atomic E-state index is 4.43. The van der Waals surface area contributed by atoms with Crippen molar-refractivity contribution < 1.29 is 0 Å². The van der Waals surface area contributed by atoms with Crippen molar-refractivity contribution in [1.82, 2.24) is 9.97 Å².